The molecule has 0 spiro atoms. The van der Waals surface area contributed by atoms with Crippen LogP contribution in [-0.2, 0) is 19.5 Å². The SMILES string of the molecule is Fc1ccc(Cn2nnnc2[C@@H](c2ccc(Cl)cc2)N2CCc3ccccc3C2)cc1. The molecule has 1 aliphatic rings. The van der Waals surface area contributed by atoms with Crippen LogP contribution in [0.1, 0.15) is 34.1 Å². The zero-order valence-corrected chi connectivity index (χ0v) is 17.6. The number of fused-ring (bicyclic) bond motifs is 1. The monoisotopic (exact) mass is 433 g/mol. The Morgan fingerprint density at radius 2 is 1.68 bits per heavy atom. The van der Waals surface area contributed by atoms with Crippen molar-refractivity contribution in [3.63, 3.8) is 0 Å². The Balaban J connectivity index is 1.52. The van der Waals surface area contributed by atoms with Crippen molar-refractivity contribution < 1.29 is 4.39 Å². The fourth-order valence-corrected chi connectivity index (χ4v) is 4.31. The zero-order chi connectivity index (χ0) is 21.2. The molecule has 5 rings (SSSR count). The summed E-state index contributed by atoms with van der Waals surface area (Å²) in [5.74, 6) is 0.498. The van der Waals surface area contributed by atoms with E-state index >= 15 is 0 Å². The number of halogens is 2. The molecule has 0 N–H and O–H groups in total. The lowest BCUT2D eigenvalue weighted by atomic mass is 9.96. The van der Waals surface area contributed by atoms with Gasteiger partial charge in [0.05, 0.1) is 12.6 Å². The van der Waals surface area contributed by atoms with Crippen molar-refractivity contribution in [2.75, 3.05) is 6.54 Å². The van der Waals surface area contributed by atoms with Crippen LogP contribution in [0.2, 0.25) is 5.02 Å². The second kappa shape index (κ2) is 8.57. The van der Waals surface area contributed by atoms with Gasteiger partial charge >= 0.3 is 0 Å². The molecule has 156 valence electrons. The summed E-state index contributed by atoms with van der Waals surface area (Å²) in [6.45, 7) is 2.18. The summed E-state index contributed by atoms with van der Waals surface area (Å²) >= 11 is 6.16. The molecule has 0 fully saturated rings. The first-order valence-electron chi connectivity index (χ1n) is 10.2. The second-order valence-corrected chi connectivity index (χ2v) is 8.20. The van der Waals surface area contributed by atoms with Crippen LogP contribution in [0.3, 0.4) is 0 Å². The van der Waals surface area contributed by atoms with E-state index in [9.17, 15) is 4.39 Å². The Morgan fingerprint density at radius 1 is 0.935 bits per heavy atom. The largest absolute Gasteiger partial charge is 0.285 e. The molecule has 1 aromatic heterocycles. The molecule has 0 radical (unpaired) electrons. The van der Waals surface area contributed by atoms with Crippen LogP contribution in [0.4, 0.5) is 4.39 Å². The van der Waals surface area contributed by atoms with Crippen LogP contribution in [-0.4, -0.2) is 31.7 Å². The molecule has 0 unspecified atom stereocenters. The highest BCUT2D eigenvalue weighted by Crippen LogP contribution is 2.32. The fourth-order valence-electron chi connectivity index (χ4n) is 4.19. The predicted molar refractivity (Wildman–Crippen MR) is 117 cm³/mol. The summed E-state index contributed by atoms with van der Waals surface area (Å²) in [5, 5.41) is 13.3. The highest BCUT2D eigenvalue weighted by molar-refractivity contribution is 6.30. The topological polar surface area (TPSA) is 46.8 Å². The summed E-state index contributed by atoms with van der Waals surface area (Å²) in [7, 11) is 0. The molecule has 7 heteroatoms. The molecule has 2 heterocycles. The van der Waals surface area contributed by atoms with Gasteiger partial charge in [-0.25, -0.2) is 9.07 Å². The van der Waals surface area contributed by atoms with Gasteiger partial charge in [-0.1, -0.05) is 60.1 Å². The van der Waals surface area contributed by atoms with Crippen molar-refractivity contribution in [3.8, 4) is 0 Å². The van der Waals surface area contributed by atoms with Crippen molar-refractivity contribution in [2.45, 2.75) is 25.6 Å². The van der Waals surface area contributed by atoms with Gasteiger partial charge < -0.3 is 0 Å². The second-order valence-electron chi connectivity index (χ2n) is 7.76. The van der Waals surface area contributed by atoms with Gasteiger partial charge in [-0.05, 0) is 63.4 Å². The van der Waals surface area contributed by atoms with E-state index in [0.717, 1.165) is 36.5 Å². The number of hydrogen-bond donors (Lipinski definition) is 0. The van der Waals surface area contributed by atoms with Crippen LogP contribution in [0.15, 0.2) is 72.8 Å². The molecule has 1 aliphatic heterocycles. The maximum atomic E-state index is 13.3. The van der Waals surface area contributed by atoms with Gasteiger partial charge in [0, 0.05) is 18.1 Å². The number of nitrogens with zero attached hydrogens (tertiary/aromatic N) is 5. The van der Waals surface area contributed by atoms with Crippen LogP contribution < -0.4 is 0 Å². The lowest BCUT2D eigenvalue weighted by Crippen LogP contribution is -2.36. The maximum absolute atomic E-state index is 13.3. The molecular weight excluding hydrogens is 413 g/mol. The number of hydrogen-bond acceptors (Lipinski definition) is 4. The lowest BCUT2D eigenvalue weighted by Gasteiger charge is -2.35. The normalized spacial score (nSPS) is 14.9. The Hall–Kier alpha value is -3.09. The van der Waals surface area contributed by atoms with E-state index in [1.165, 1.54) is 23.3 Å². The number of tetrazole rings is 1. The van der Waals surface area contributed by atoms with E-state index in [4.69, 9.17) is 11.6 Å². The lowest BCUT2D eigenvalue weighted by molar-refractivity contribution is 0.195. The first-order valence-corrected chi connectivity index (χ1v) is 10.6. The Kier molecular flexibility index (Phi) is 5.49. The third-order valence-electron chi connectivity index (χ3n) is 5.76. The van der Waals surface area contributed by atoms with E-state index in [2.05, 4.69) is 44.7 Å². The Labute approximate surface area is 185 Å². The van der Waals surface area contributed by atoms with Crippen LogP contribution in [0, 0.1) is 5.82 Å². The standard InChI is InChI=1S/C24H21ClFN5/c25-21-9-7-19(8-10-21)23(30-14-13-18-3-1-2-4-20(18)16-30)24-27-28-29-31(24)15-17-5-11-22(26)12-6-17/h1-12,23H,13-16H2/t23-/m1/s1. The van der Waals surface area contributed by atoms with Crippen molar-refractivity contribution in [1.82, 2.24) is 25.1 Å². The zero-order valence-electron chi connectivity index (χ0n) is 16.8. The molecule has 0 bridgehead atoms. The van der Waals surface area contributed by atoms with Gasteiger partial charge in [0.1, 0.15) is 5.82 Å². The molecule has 0 saturated heterocycles. The summed E-state index contributed by atoms with van der Waals surface area (Å²) in [4.78, 5) is 2.40. The number of aromatic nitrogens is 4. The van der Waals surface area contributed by atoms with E-state index in [-0.39, 0.29) is 11.9 Å². The molecule has 31 heavy (non-hydrogen) atoms. The minimum Gasteiger partial charge on any atom is -0.285 e. The van der Waals surface area contributed by atoms with Crippen LogP contribution in [0.25, 0.3) is 0 Å². The fraction of sp³-hybridized carbons (Fsp3) is 0.208. The first kappa shape index (κ1) is 19.8. The van der Waals surface area contributed by atoms with Crippen LogP contribution >= 0.6 is 11.6 Å². The molecule has 5 nitrogen and oxygen atoms in total. The van der Waals surface area contributed by atoms with Gasteiger partial charge in [-0.3, -0.25) is 4.90 Å². The van der Waals surface area contributed by atoms with E-state index < -0.39 is 0 Å². The molecule has 4 aromatic rings. The molecule has 0 amide bonds. The summed E-state index contributed by atoms with van der Waals surface area (Å²) in [6, 6.07) is 22.7. The molecule has 0 aliphatic carbocycles. The molecular formula is C24H21ClFN5. The van der Waals surface area contributed by atoms with E-state index in [1.807, 2.05) is 24.3 Å². The molecule has 1 atom stereocenters. The minimum atomic E-state index is -0.258. The van der Waals surface area contributed by atoms with Gasteiger partial charge in [-0.2, -0.15) is 0 Å². The van der Waals surface area contributed by atoms with Crippen LogP contribution in [0.5, 0.6) is 0 Å². The van der Waals surface area contributed by atoms with Gasteiger partial charge in [0.15, 0.2) is 5.82 Å². The molecule has 0 saturated carbocycles. The Morgan fingerprint density at radius 3 is 2.45 bits per heavy atom. The van der Waals surface area contributed by atoms with Crippen molar-refractivity contribution >= 4 is 11.6 Å². The minimum absolute atomic E-state index is 0.124. The van der Waals surface area contributed by atoms with Gasteiger partial charge in [0.2, 0.25) is 0 Å². The smallest absolute Gasteiger partial charge is 0.173 e. The van der Waals surface area contributed by atoms with E-state index in [1.54, 1.807) is 16.8 Å². The Bertz CT molecular complexity index is 1170. The third kappa shape index (κ3) is 4.22. The molecule has 3 aromatic carbocycles. The quantitative estimate of drug-likeness (QED) is 0.459. The summed E-state index contributed by atoms with van der Waals surface area (Å²) < 4.78 is 15.1. The number of benzene rings is 3. The average molecular weight is 434 g/mol. The van der Waals surface area contributed by atoms with Gasteiger partial charge in [-0.15, -0.1) is 5.10 Å². The number of rotatable bonds is 5. The average Bonchev–Trinajstić information content (AvgIpc) is 3.24. The highest BCUT2D eigenvalue weighted by Gasteiger charge is 2.30. The van der Waals surface area contributed by atoms with Crippen molar-refractivity contribution in [1.29, 1.82) is 0 Å². The van der Waals surface area contributed by atoms with E-state index in [0.29, 0.717) is 11.6 Å². The third-order valence-corrected chi connectivity index (χ3v) is 6.01. The van der Waals surface area contributed by atoms with Gasteiger partial charge in [0.25, 0.3) is 0 Å². The first-order chi connectivity index (χ1) is 15.2. The van der Waals surface area contributed by atoms with Crippen molar-refractivity contribution in [2.24, 2.45) is 0 Å². The summed E-state index contributed by atoms with van der Waals surface area (Å²) in [6.07, 6.45) is 0.972. The summed E-state index contributed by atoms with van der Waals surface area (Å²) in [5.41, 5.74) is 4.73. The van der Waals surface area contributed by atoms with Crippen molar-refractivity contribution in [3.05, 3.63) is 112 Å². The maximum Gasteiger partial charge on any atom is 0.173 e. The predicted octanol–water partition coefficient (Wildman–Crippen LogP) is 4.66. The highest BCUT2D eigenvalue weighted by atomic mass is 35.5.